The maximum atomic E-state index is 10.2. The number of rotatable bonds is 8. The zero-order valence-electron chi connectivity index (χ0n) is 16.4. The van der Waals surface area contributed by atoms with Crippen LogP contribution in [0.5, 0.6) is 11.5 Å². The molecule has 0 spiro atoms. The molecule has 3 nitrogen and oxygen atoms in total. The van der Waals surface area contributed by atoms with E-state index in [1.165, 1.54) is 31.2 Å². The third-order valence-corrected chi connectivity index (χ3v) is 5.99. The van der Waals surface area contributed by atoms with E-state index in [2.05, 4.69) is 32.1 Å². The zero-order chi connectivity index (χ0) is 18.4. The molecule has 0 bridgehead atoms. The predicted molar refractivity (Wildman–Crippen MR) is 106 cm³/mol. The first-order valence-electron chi connectivity index (χ1n) is 10.5. The van der Waals surface area contributed by atoms with Gasteiger partial charge in [-0.1, -0.05) is 38.8 Å². The van der Waals surface area contributed by atoms with Crippen LogP contribution in [-0.2, 0) is 17.6 Å². The molecule has 3 heteroatoms. The van der Waals surface area contributed by atoms with Crippen LogP contribution in [0, 0.1) is 5.92 Å². The van der Waals surface area contributed by atoms with Crippen molar-refractivity contribution in [3.63, 3.8) is 0 Å². The third-order valence-electron chi connectivity index (χ3n) is 5.99. The normalized spacial score (nSPS) is 23.5. The summed E-state index contributed by atoms with van der Waals surface area (Å²) in [6.45, 7) is 5.71. The van der Waals surface area contributed by atoms with Crippen molar-refractivity contribution in [2.45, 2.75) is 77.2 Å². The Hall–Kier alpha value is -1.48. The largest absolute Gasteiger partial charge is 0.508 e. The summed E-state index contributed by atoms with van der Waals surface area (Å²) < 4.78 is 12.3. The smallest absolute Gasteiger partial charge is 0.126 e. The van der Waals surface area contributed by atoms with Crippen LogP contribution >= 0.6 is 0 Å². The third kappa shape index (κ3) is 4.25. The van der Waals surface area contributed by atoms with Gasteiger partial charge in [0.25, 0.3) is 0 Å². The van der Waals surface area contributed by atoms with Crippen LogP contribution < -0.4 is 4.74 Å². The number of phenolic OH excluding ortho intramolecular Hbond substituents is 1. The van der Waals surface area contributed by atoms with Crippen molar-refractivity contribution in [1.82, 2.24) is 0 Å². The van der Waals surface area contributed by atoms with E-state index in [1.54, 1.807) is 0 Å². The summed E-state index contributed by atoms with van der Waals surface area (Å²) in [5.74, 6) is 1.83. The summed E-state index contributed by atoms with van der Waals surface area (Å²) in [5, 5.41) is 10.2. The van der Waals surface area contributed by atoms with Crippen LogP contribution in [0.2, 0.25) is 0 Å². The predicted octanol–water partition coefficient (Wildman–Crippen LogP) is 5.58. The van der Waals surface area contributed by atoms with Gasteiger partial charge in [0.2, 0.25) is 0 Å². The maximum absolute atomic E-state index is 10.2. The first-order chi connectivity index (χ1) is 12.7. The van der Waals surface area contributed by atoms with E-state index in [1.807, 2.05) is 6.07 Å². The molecule has 1 unspecified atom stereocenters. The van der Waals surface area contributed by atoms with Crippen molar-refractivity contribution in [2.24, 2.45) is 5.92 Å². The second kappa shape index (κ2) is 8.94. The van der Waals surface area contributed by atoms with Gasteiger partial charge in [-0.25, -0.2) is 0 Å². The molecule has 144 valence electrons. The van der Waals surface area contributed by atoms with Crippen molar-refractivity contribution in [3.05, 3.63) is 35.4 Å². The van der Waals surface area contributed by atoms with Crippen LogP contribution in [0.3, 0.4) is 0 Å². The number of hydrogen-bond donors (Lipinski definition) is 1. The van der Waals surface area contributed by atoms with Crippen molar-refractivity contribution < 1.29 is 14.6 Å². The summed E-state index contributed by atoms with van der Waals surface area (Å²) >= 11 is 0. The molecule has 1 aromatic rings. The van der Waals surface area contributed by atoms with Crippen molar-refractivity contribution in [1.29, 1.82) is 0 Å². The van der Waals surface area contributed by atoms with Crippen molar-refractivity contribution in [3.8, 4) is 11.5 Å². The lowest BCUT2D eigenvalue weighted by Gasteiger charge is -2.39. The summed E-state index contributed by atoms with van der Waals surface area (Å²) in [6.07, 6.45) is 14.6. The Morgan fingerprint density at radius 1 is 1.19 bits per heavy atom. The van der Waals surface area contributed by atoms with E-state index in [4.69, 9.17) is 9.47 Å². The van der Waals surface area contributed by atoms with Gasteiger partial charge >= 0.3 is 0 Å². The molecule has 1 fully saturated rings. The van der Waals surface area contributed by atoms with E-state index in [0.29, 0.717) is 18.3 Å². The van der Waals surface area contributed by atoms with Gasteiger partial charge in [-0.3, -0.25) is 0 Å². The van der Waals surface area contributed by atoms with Gasteiger partial charge in [-0.2, -0.15) is 0 Å². The highest BCUT2D eigenvalue weighted by Crippen LogP contribution is 2.42. The monoisotopic (exact) mass is 358 g/mol. The Balaban J connectivity index is 1.81. The molecule has 26 heavy (non-hydrogen) atoms. The Morgan fingerprint density at radius 2 is 2.00 bits per heavy atom. The first-order valence-corrected chi connectivity index (χ1v) is 10.5. The fraction of sp³-hybridized carbons (Fsp3) is 0.652. The van der Waals surface area contributed by atoms with Gasteiger partial charge in [0.05, 0.1) is 18.8 Å². The van der Waals surface area contributed by atoms with Crippen LogP contribution in [0.25, 0.3) is 0 Å². The van der Waals surface area contributed by atoms with E-state index in [0.717, 1.165) is 50.0 Å². The molecular formula is C23H34O3. The molecule has 1 aromatic carbocycles. The van der Waals surface area contributed by atoms with Gasteiger partial charge in [-0.05, 0) is 68.1 Å². The Labute approximate surface area is 158 Å². The quantitative estimate of drug-likeness (QED) is 0.616. The summed E-state index contributed by atoms with van der Waals surface area (Å²) in [4.78, 5) is 0. The lowest BCUT2D eigenvalue weighted by Crippen LogP contribution is -2.40. The van der Waals surface area contributed by atoms with Gasteiger partial charge in [-0.15, -0.1) is 0 Å². The molecule has 1 saturated carbocycles. The molecule has 3 rings (SSSR count). The Morgan fingerprint density at radius 3 is 2.65 bits per heavy atom. The van der Waals surface area contributed by atoms with E-state index in [-0.39, 0.29) is 5.60 Å². The van der Waals surface area contributed by atoms with Crippen molar-refractivity contribution in [2.75, 3.05) is 13.2 Å². The molecule has 0 amide bonds. The number of phenols is 1. The molecular weight excluding hydrogens is 324 g/mol. The molecule has 2 aliphatic rings. The molecule has 1 aliphatic heterocycles. The highest BCUT2D eigenvalue weighted by atomic mass is 16.5. The van der Waals surface area contributed by atoms with Gasteiger partial charge < -0.3 is 14.6 Å². The highest BCUT2D eigenvalue weighted by Gasteiger charge is 2.39. The molecule has 1 N–H and O–H groups in total. The van der Waals surface area contributed by atoms with E-state index >= 15 is 0 Å². The fourth-order valence-corrected chi connectivity index (χ4v) is 4.50. The van der Waals surface area contributed by atoms with Gasteiger partial charge in [0, 0.05) is 6.07 Å². The number of ether oxygens (including phenoxy) is 2. The maximum Gasteiger partial charge on any atom is 0.126 e. The molecule has 1 atom stereocenters. The minimum Gasteiger partial charge on any atom is -0.508 e. The number of hydrogen-bond acceptors (Lipinski definition) is 3. The molecule has 1 aliphatic carbocycles. The van der Waals surface area contributed by atoms with Gasteiger partial charge in [0.1, 0.15) is 11.5 Å². The minimum atomic E-state index is -0.110. The van der Waals surface area contributed by atoms with Crippen LogP contribution in [0.1, 0.15) is 69.9 Å². The molecule has 1 heterocycles. The fourth-order valence-electron chi connectivity index (χ4n) is 4.50. The number of aromatic hydroxyl groups is 1. The highest BCUT2D eigenvalue weighted by molar-refractivity contribution is 5.46. The molecule has 0 radical (unpaired) electrons. The van der Waals surface area contributed by atoms with Gasteiger partial charge in [0.15, 0.2) is 0 Å². The topological polar surface area (TPSA) is 38.7 Å². The Kier molecular flexibility index (Phi) is 6.63. The summed E-state index contributed by atoms with van der Waals surface area (Å²) in [5.41, 5.74) is 2.09. The van der Waals surface area contributed by atoms with E-state index in [9.17, 15) is 5.11 Å². The summed E-state index contributed by atoms with van der Waals surface area (Å²) in [6, 6.07) is 3.94. The number of aryl methyl sites for hydroxylation is 2. The van der Waals surface area contributed by atoms with Crippen LogP contribution in [-0.4, -0.2) is 23.9 Å². The minimum absolute atomic E-state index is 0.110. The van der Waals surface area contributed by atoms with Crippen molar-refractivity contribution >= 4 is 0 Å². The molecule has 0 aromatic heterocycles. The average molecular weight is 359 g/mol. The van der Waals surface area contributed by atoms with Crippen LogP contribution in [0.4, 0.5) is 0 Å². The second-order valence-electron chi connectivity index (χ2n) is 7.77. The zero-order valence-corrected chi connectivity index (χ0v) is 16.4. The Bertz CT molecular complexity index is 616. The first kappa shape index (κ1) is 19.3. The lowest BCUT2D eigenvalue weighted by atomic mass is 9.79. The average Bonchev–Trinajstić information content (AvgIpc) is 3.21. The SMILES string of the molecule is CCCOc1cc(O)c(CC)cc1CCC1(C2CCCC2)C=CCCO1. The second-order valence-corrected chi connectivity index (χ2v) is 7.77. The van der Waals surface area contributed by atoms with E-state index < -0.39 is 0 Å². The standard InChI is InChI=1S/C23H34O3/c1-3-14-25-22-17-21(24)18(4-2)16-19(22)11-13-23(12-7-8-15-26-23)20-9-5-6-10-20/h7,12,16-17,20,24H,3-6,8-11,13-15H2,1-2H3. The number of benzene rings is 1. The van der Waals surface area contributed by atoms with Crippen LogP contribution in [0.15, 0.2) is 24.3 Å². The lowest BCUT2D eigenvalue weighted by molar-refractivity contribution is -0.0601. The summed E-state index contributed by atoms with van der Waals surface area (Å²) in [7, 11) is 0. The molecule has 0 saturated heterocycles.